The summed E-state index contributed by atoms with van der Waals surface area (Å²) in [5, 5.41) is 3.46. The van der Waals surface area contributed by atoms with E-state index >= 15 is 0 Å². The smallest absolute Gasteiger partial charge is 0.166 e. The Morgan fingerprint density at radius 2 is 1.51 bits per heavy atom. The van der Waals surface area contributed by atoms with Crippen molar-refractivity contribution >= 4 is 34.2 Å². The average molecular weight is 501 g/mol. The van der Waals surface area contributed by atoms with Crippen molar-refractivity contribution in [3.05, 3.63) is 48.9 Å². The molecule has 5 heterocycles. The van der Waals surface area contributed by atoms with Crippen LogP contribution in [0.4, 0.5) is 23.0 Å². The van der Waals surface area contributed by atoms with E-state index in [1.807, 2.05) is 6.20 Å². The number of ether oxygens (including phenoxy) is 2. The fourth-order valence-electron chi connectivity index (χ4n) is 4.90. The van der Waals surface area contributed by atoms with Crippen LogP contribution in [0.1, 0.15) is 19.9 Å². The average Bonchev–Trinajstić information content (AvgIpc) is 3.36. The molecule has 2 saturated heterocycles. The molecule has 2 aliphatic rings. The van der Waals surface area contributed by atoms with Gasteiger partial charge in [-0.05, 0) is 50.2 Å². The molecule has 6 rings (SSSR count). The van der Waals surface area contributed by atoms with Crippen LogP contribution in [-0.4, -0.2) is 77.1 Å². The second kappa shape index (κ2) is 10.3. The van der Waals surface area contributed by atoms with Gasteiger partial charge in [-0.3, -0.25) is 0 Å². The minimum absolute atomic E-state index is 0.162. The van der Waals surface area contributed by atoms with E-state index in [2.05, 4.69) is 79.9 Å². The summed E-state index contributed by atoms with van der Waals surface area (Å²) in [5.74, 6) is 2.47. The Kier molecular flexibility index (Phi) is 6.58. The lowest BCUT2D eigenvalue weighted by atomic mass is 10.2. The number of rotatable bonds is 6. The molecule has 0 unspecified atom stereocenters. The molecule has 1 N–H and O–H groups in total. The topological polar surface area (TPSA) is 93.5 Å². The molecule has 0 atom stereocenters. The van der Waals surface area contributed by atoms with Gasteiger partial charge < -0.3 is 29.2 Å². The van der Waals surface area contributed by atoms with Crippen LogP contribution in [0.25, 0.3) is 22.6 Å². The summed E-state index contributed by atoms with van der Waals surface area (Å²) in [5.41, 5.74) is 4.63. The van der Waals surface area contributed by atoms with Crippen molar-refractivity contribution < 1.29 is 9.47 Å². The molecule has 0 radical (unpaired) electrons. The van der Waals surface area contributed by atoms with Gasteiger partial charge in [-0.2, -0.15) is 0 Å². The van der Waals surface area contributed by atoms with E-state index in [4.69, 9.17) is 19.4 Å². The van der Waals surface area contributed by atoms with Gasteiger partial charge in [0.25, 0.3) is 0 Å². The van der Waals surface area contributed by atoms with E-state index < -0.39 is 0 Å². The summed E-state index contributed by atoms with van der Waals surface area (Å²) in [6, 6.07) is 12.7. The highest BCUT2D eigenvalue weighted by molar-refractivity contribution is 5.88. The van der Waals surface area contributed by atoms with E-state index in [0.717, 1.165) is 86.7 Å². The minimum Gasteiger partial charge on any atom is -0.378 e. The van der Waals surface area contributed by atoms with Crippen LogP contribution in [0.15, 0.2) is 48.9 Å². The second-order valence-electron chi connectivity index (χ2n) is 9.57. The van der Waals surface area contributed by atoms with E-state index in [1.165, 1.54) is 5.69 Å². The number of nitrogens with one attached hydrogen (secondary N) is 1. The summed E-state index contributed by atoms with van der Waals surface area (Å²) in [4.78, 5) is 23.5. The number of morpholine rings is 2. The molecular formula is C27H32N8O2. The highest BCUT2D eigenvalue weighted by Gasteiger charge is 2.20. The summed E-state index contributed by atoms with van der Waals surface area (Å²) < 4.78 is 13.1. The van der Waals surface area contributed by atoms with Crippen molar-refractivity contribution in [2.45, 2.75) is 19.9 Å². The molecule has 192 valence electrons. The predicted octanol–water partition coefficient (Wildman–Crippen LogP) is 3.89. The third-order valence-electron chi connectivity index (χ3n) is 6.84. The Morgan fingerprint density at radius 1 is 0.811 bits per heavy atom. The first-order valence-electron chi connectivity index (χ1n) is 12.9. The zero-order chi connectivity index (χ0) is 25.2. The van der Waals surface area contributed by atoms with Crippen molar-refractivity contribution in [2.24, 2.45) is 0 Å². The van der Waals surface area contributed by atoms with Gasteiger partial charge in [0, 0.05) is 55.4 Å². The van der Waals surface area contributed by atoms with Gasteiger partial charge in [0.15, 0.2) is 17.0 Å². The lowest BCUT2D eigenvalue weighted by molar-refractivity contribution is 0.122. The standard InChI is InChI=1S/C27H32N8O2/c1-19(2)35-26(20-3-8-23(28-17-20)34-11-15-37-16-12-34)32-24-25(29-18-30-27(24)35)31-21-4-6-22(7-5-21)33-9-13-36-14-10-33/h3-8,17-19H,9-16H2,1-2H3,(H,29,30,31). The van der Waals surface area contributed by atoms with E-state index in [9.17, 15) is 0 Å². The summed E-state index contributed by atoms with van der Waals surface area (Å²) in [6.07, 6.45) is 3.49. The minimum atomic E-state index is 0.162. The van der Waals surface area contributed by atoms with Crippen molar-refractivity contribution in [2.75, 3.05) is 67.7 Å². The summed E-state index contributed by atoms with van der Waals surface area (Å²) in [7, 11) is 0. The van der Waals surface area contributed by atoms with Crippen molar-refractivity contribution in [1.82, 2.24) is 24.5 Å². The van der Waals surface area contributed by atoms with Gasteiger partial charge in [-0.1, -0.05) is 0 Å². The normalized spacial score (nSPS) is 16.5. The molecular weight excluding hydrogens is 468 g/mol. The number of nitrogens with zero attached hydrogens (tertiary/aromatic N) is 7. The molecule has 2 aliphatic heterocycles. The summed E-state index contributed by atoms with van der Waals surface area (Å²) in [6.45, 7) is 10.8. The number of anilines is 4. The van der Waals surface area contributed by atoms with Crippen LogP contribution in [0.3, 0.4) is 0 Å². The first-order chi connectivity index (χ1) is 18.2. The SMILES string of the molecule is CC(C)n1c(-c2ccc(N3CCOCC3)nc2)nc2c(Nc3ccc(N4CCOCC4)cc3)ncnc21. The fourth-order valence-corrected chi connectivity index (χ4v) is 4.90. The molecule has 2 fully saturated rings. The number of benzene rings is 1. The molecule has 10 nitrogen and oxygen atoms in total. The lowest BCUT2D eigenvalue weighted by Crippen LogP contribution is -2.36. The lowest BCUT2D eigenvalue weighted by Gasteiger charge is -2.28. The van der Waals surface area contributed by atoms with Gasteiger partial charge in [0.05, 0.1) is 26.4 Å². The van der Waals surface area contributed by atoms with E-state index in [-0.39, 0.29) is 6.04 Å². The maximum absolute atomic E-state index is 5.47. The van der Waals surface area contributed by atoms with Crippen LogP contribution in [0.5, 0.6) is 0 Å². The van der Waals surface area contributed by atoms with Gasteiger partial charge in [0.1, 0.15) is 18.0 Å². The molecule has 10 heteroatoms. The van der Waals surface area contributed by atoms with Crippen molar-refractivity contribution in [3.8, 4) is 11.4 Å². The van der Waals surface area contributed by atoms with Crippen LogP contribution >= 0.6 is 0 Å². The molecule has 37 heavy (non-hydrogen) atoms. The first-order valence-corrected chi connectivity index (χ1v) is 12.9. The number of imidazole rings is 1. The third kappa shape index (κ3) is 4.82. The van der Waals surface area contributed by atoms with Gasteiger partial charge in [-0.25, -0.2) is 19.9 Å². The highest BCUT2D eigenvalue weighted by Crippen LogP contribution is 2.31. The zero-order valence-corrected chi connectivity index (χ0v) is 21.3. The molecule has 0 saturated carbocycles. The largest absolute Gasteiger partial charge is 0.378 e. The molecule has 0 aliphatic carbocycles. The van der Waals surface area contributed by atoms with Crippen LogP contribution in [0, 0.1) is 0 Å². The van der Waals surface area contributed by atoms with Gasteiger partial charge in [0.2, 0.25) is 0 Å². The molecule has 4 aromatic rings. The number of aromatic nitrogens is 5. The Morgan fingerprint density at radius 3 is 2.16 bits per heavy atom. The third-order valence-corrected chi connectivity index (χ3v) is 6.84. The second-order valence-corrected chi connectivity index (χ2v) is 9.57. The quantitative estimate of drug-likeness (QED) is 0.423. The maximum Gasteiger partial charge on any atom is 0.166 e. The Bertz CT molecular complexity index is 1340. The summed E-state index contributed by atoms with van der Waals surface area (Å²) >= 11 is 0. The van der Waals surface area contributed by atoms with Crippen LogP contribution in [0.2, 0.25) is 0 Å². The first kappa shape index (κ1) is 23.6. The molecule has 0 spiro atoms. The zero-order valence-electron chi connectivity index (χ0n) is 21.3. The maximum atomic E-state index is 5.47. The number of hydrogen-bond acceptors (Lipinski definition) is 9. The predicted molar refractivity (Wildman–Crippen MR) is 145 cm³/mol. The van der Waals surface area contributed by atoms with Crippen molar-refractivity contribution in [3.63, 3.8) is 0 Å². The fraction of sp³-hybridized carbons (Fsp3) is 0.407. The molecule has 0 amide bonds. The monoisotopic (exact) mass is 500 g/mol. The number of hydrogen-bond donors (Lipinski definition) is 1. The van der Waals surface area contributed by atoms with Crippen molar-refractivity contribution in [1.29, 1.82) is 0 Å². The van der Waals surface area contributed by atoms with Gasteiger partial charge in [-0.15, -0.1) is 0 Å². The molecule has 0 bridgehead atoms. The Hall–Kier alpha value is -3.76. The van der Waals surface area contributed by atoms with Gasteiger partial charge >= 0.3 is 0 Å². The Balaban J connectivity index is 1.30. The van der Waals surface area contributed by atoms with E-state index in [1.54, 1.807) is 6.33 Å². The van der Waals surface area contributed by atoms with Crippen LogP contribution < -0.4 is 15.1 Å². The van der Waals surface area contributed by atoms with E-state index in [0.29, 0.717) is 5.82 Å². The number of fused-ring (bicyclic) bond motifs is 1. The Labute approximate surface area is 216 Å². The molecule has 1 aromatic carbocycles. The van der Waals surface area contributed by atoms with Crippen LogP contribution in [-0.2, 0) is 9.47 Å². The number of pyridine rings is 1. The highest BCUT2D eigenvalue weighted by atomic mass is 16.5. The molecule has 3 aromatic heterocycles.